The summed E-state index contributed by atoms with van der Waals surface area (Å²) in [6.45, 7) is 1.93. The maximum atomic E-state index is 11.7. The van der Waals surface area contributed by atoms with Gasteiger partial charge in [0.15, 0.2) is 6.10 Å². The highest BCUT2D eigenvalue weighted by atomic mass is 16.6. The Morgan fingerprint density at radius 2 is 2.27 bits per heavy atom. The fourth-order valence-electron chi connectivity index (χ4n) is 1.78. The normalized spacial score (nSPS) is 28.5. The van der Waals surface area contributed by atoms with E-state index in [1.807, 2.05) is 0 Å². The number of carbonyl (C=O) groups excluding carboxylic acids is 1. The lowest BCUT2D eigenvalue weighted by Gasteiger charge is -2.24. The SMILES string of the molecule is NCC(NC(=O)C1COCCO1)C1CC1. The Morgan fingerprint density at radius 1 is 1.47 bits per heavy atom. The van der Waals surface area contributed by atoms with Crippen LogP contribution in [0.25, 0.3) is 0 Å². The first kappa shape index (κ1) is 10.9. The second kappa shape index (κ2) is 4.92. The predicted molar refractivity (Wildman–Crippen MR) is 54.3 cm³/mol. The van der Waals surface area contributed by atoms with Gasteiger partial charge in [0.25, 0.3) is 5.91 Å². The molecular weight excluding hydrogens is 196 g/mol. The molecule has 1 heterocycles. The fraction of sp³-hybridized carbons (Fsp3) is 0.900. The van der Waals surface area contributed by atoms with Gasteiger partial charge in [0.1, 0.15) is 0 Å². The van der Waals surface area contributed by atoms with E-state index in [9.17, 15) is 4.79 Å². The van der Waals surface area contributed by atoms with Crippen LogP contribution in [-0.4, -0.2) is 44.4 Å². The van der Waals surface area contributed by atoms with Crippen molar-refractivity contribution in [3.8, 4) is 0 Å². The second-order valence-electron chi connectivity index (χ2n) is 4.12. The summed E-state index contributed by atoms with van der Waals surface area (Å²) in [6.07, 6.45) is 1.89. The number of nitrogens with two attached hydrogens (primary N) is 1. The Balaban J connectivity index is 1.78. The summed E-state index contributed by atoms with van der Waals surface area (Å²) in [4.78, 5) is 11.7. The van der Waals surface area contributed by atoms with Crippen LogP contribution < -0.4 is 11.1 Å². The summed E-state index contributed by atoms with van der Waals surface area (Å²) >= 11 is 0. The summed E-state index contributed by atoms with van der Waals surface area (Å²) < 4.78 is 10.5. The van der Waals surface area contributed by atoms with Gasteiger partial charge in [0.2, 0.25) is 0 Å². The Kier molecular flexibility index (Phi) is 3.56. The maximum Gasteiger partial charge on any atom is 0.251 e. The van der Waals surface area contributed by atoms with E-state index in [0.29, 0.717) is 32.3 Å². The zero-order valence-corrected chi connectivity index (χ0v) is 8.78. The molecule has 1 saturated carbocycles. The highest BCUT2D eigenvalue weighted by Gasteiger charge is 2.33. The molecule has 2 fully saturated rings. The lowest BCUT2D eigenvalue weighted by Crippen LogP contribution is -2.49. The van der Waals surface area contributed by atoms with Crippen molar-refractivity contribution < 1.29 is 14.3 Å². The molecule has 2 unspecified atom stereocenters. The van der Waals surface area contributed by atoms with Gasteiger partial charge in [0.05, 0.1) is 19.8 Å². The molecule has 0 spiro atoms. The molecule has 1 saturated heterocycles. The van der Waals surface area contributed by atoms with E-state index in [0.717, 1.165) is 0 Å². The Morgan fingerprint density at radius 3 is 2.80 bits per heavy atom. The van der Waals surface area contributed by atoms with Gasteiger partial charge in [-0.3, -0.25) is 4.79 Å². The van der Waals surface area contributed by atoms with Gasteiger partial charge in [-0.15, -0.1) is 0 Å². The van der Waals surface area contributed by atoms with Crippen molar-refractivity contribution in [2.24, 2.45) is 11.7 Å². The molecule has 1 amide bonds. The van der Waals surface area contributed by atoms with Crippen LogP contribution >= 0.6 is 0 Å². The van der Waals surface area contributed by atoms with Gasteiger partial charge in [0, 0.05) is 12.6 Å². The molecule has 2 aliphatic rings. The van der Waals surface area contributed by atoms with Crippen molar-refractivity contribution in [2.45, 2.75) is 25.0 Å². The summed E-state index contributed by atoms with van der Waals surface area (Å²) in [5.74, 6) is 0.487. The third-order valence-corrected chi connectivity index (χ3v) is 2.88. The van der Waals surface area contributed by atoms with E-state index in [-0.39, 0.29) is 11.9 Å². The van der Waals surface area contributed by atoms with Crippen molar-refractivity contribution in [2.75, 3.05) is 26.4 Å². The average molecular weight is 214 g/mol. The first-order valence-corrected chi connectivity index (χ1v) is 5.51. The zero-order valence-electron chi connectivity index (χ0n) is 8.78. The van der Waals surface area contributed by atoms with Gasteiger partial charge in [-0.1, -0.05) is 0 Å². The minimum absolute atomic E-state index is 0.0861. The number of hydrogen-bond donors (Lipinski definition) is 2. The van der Waals surface area contributed by atoms with Crippen LogP contribution in [0.5, 0.6) is 0 Å². The van der Waals surface area contributed by atoms with Crippen molar-refractivity contribution in [1.82, 2.24) is 5.32 Å². The quantitative estimate of drug-likeness (QED) is 0.646. The number of amides is 1. The molecule has 1 aliphatic carbocycles. The van der Waals surface area contributed by atoms with Crippen LogP contribution in [0.1, 0.15) is 12.8 Å². The highest BCUT2D eigenvalue weighted by Crippen LogP contribution is 2.32. The van der Waals surface area contributed by atoms with Gasteiger partial charge in [-0.2, -0.15) is 0 Å². The van der Waals surface area contributed by atoms with Crippen LogP contribution in [0.15, 0.2) is 0 Å². The lowest BCUT2D eigenvalue weighted by molar-refractivity contribution is -0.148. The average Bonchev–Trinajstić information content (AvgIpc) is 3.10. The minimum atomic E-state index is -0.452. The fourth-order valence-corrected chi connectivity index (χ4v) is 1.78. The molecule has 2 atom stereocenters. The minimum Gasteiger partial charge on any atom is -0.376 e. The van der Waals surface area contributed by atoms with Crippen LogP contribution in [0.3, 0.4) is 0 Å². The first-order chi connectivity index (χ1) is 7.31. The van der Waals surface area contributed by atoms with Gasteiger partial charge >= 0.3 is 0 Å². The van der Waals surface area contributed by atoms with Crippen LogP contribution in [0, 0.1) is 5.92 Å². The summed E-state index contributed by atoms with van der Waals surface area (Å²) in [5.41, 5.74) is 5.60. The molecule has 3 N–H and O–H groups in total. The number of ether oxygens (including phenoxy) is 2. The molecule has 1 aliphatic heterocycles. The molecule has 0 radical (unpaired) electrons. The van der Waals surface area contributed by atoms with Gasteiger partial charge in [-0.25, -0.2) is 0 Å². The number of rotatable bonds is 4. The van der Waals surface area contributed by atoms with Crippen molar-refractivity contribution in [1.29, 1.82) is 0 Å². The first-order valence-electron chi connectivity index (χ1n) is 5.51. The third-order valence-electron chi connectivity index (χ3n) is 2.88. The van der Waals surface area contributed by atoms with E-state index < -0.39 is 6.10 Å². The Hall–Kier alpha value is -0.650. The van der Waals surface area contributed by atoms with Crippen LogP contribution in [-0.2, 0) is 14.3 Å². The number of carbonyl (C=O) groups is 1. The lowest BCUT2D eigenvalue weighted by atomic mass is 10.1. The van der Waals surface area contributed by atoms with Crippen LogP contribution in [0.2, 0.25) is 0 Å². The number of hydrogen-bond acceptors (Lipinski definition) is 4. The molecule has 86 valence electrons. The Labute approximate surface area is 89.3 Å². The van der Waals surface area contributed by atoms with Crippen LogP contribution in [0.4, 0.5) is 0 Å². The van der Waals surface area contributed by atoms with E-state index in [2.05, 4.69) is 5.32 Å². The molecule has 0 bridgehead atoms. The second-order valence-corrected chi connectivity index (χ2v) is 4.12. The van der Waals surface area contributed by atoms with Crippen molar-refractivity contribution in [3.63, 3.8) is 0 Å². The zero-order chi connectivity index (χ0) is 10.7. The number of nitrogens with one attached hydrogen (secondary N) is 1. The van der Waals surface area contributed by atoms with Gasteiger partial charge < -0.3 is 20.5 Å². The topological polar surface area (TPSA) is 73.6 Å². The van der Waals surface area contributed by atoms with Crippen molar-refractivity contribution in [3.05, 3.63) is 0 Å². The highest BCUT2D eigenvalue weighted by molar-refractivity contribution is 5.81. The van der Waals surface area contributed by atoms with E-state index in [4.69, 9.17) is 15.2 Å². The van der Waals surface area contributed by atoms with E-state index in [1.54, 1.807) is 0 Å². The van der Waals surface area contributed by atoms with E-state index in [1.165, 1.54) is 12.8 Å². The summed E-state index contributed by atoms with van der Waals surface area (Å²) in [7, 11) is 0. The predicted octanol–water partition coefficient (Wildman–Crippen LogP) is -0.745. The molecule has 2 rings (SSSR count). The Bertz CT molecular complexity index is 225. The molecule has 5 nitrogen and oxygen atoms in total. The third kappa shape index (κ3) is 2.90. The largest absolute Gasteiger partial charge is 0.376 e. The standard InChI is InChI=1S/C10H18N2O3/c11-5-8(7-1-2-7)12-10(13)9-6-14-3-4-15-9/h7-9H,1-6,11H2,(H,12,13). The maximum absolute atomic E-state index is 11.7. The summed E-state index contributed by atoms with van der Waals surface area (Å²) in [5, 5.41) is 2.93. The molecular formula is C10H18N2O3. The molecule has 15 heavy (non-hydrogen) atoms. The van der Waals surface area contributed by atoms with Gasteiger partial charge in [-0.05, 0) is 18.8 Å². The van der Waals surface area contributed by atoms with E-state index >= 15 is 0 Å². The summed E-state index contributed by atoms with van der Waals surface area (Å²) in [6, 6.07) is 0.114. The molecule has 0 aromatic heterocycles. The van der Waals surface area contributed by atoms with Crippen molar-refractivity contribution >= 4 is 5.91 Å². The smallest absolute Gasteiger partial charge is 0.251 e. The monoisotopic (exact) mass is 214 g/mol. The molecule has 5 heteroatoms. The molecule has 0 aromatic rings. The molecule has 0 aromatic carbocycles.